The Bertz CT molecular complexity index is 1220. The lowest BCUT2D eigenvalue weighted by Crippen LogP contribution is -2.22. The molecule has 0 spiro atoms. The van der Waals surface area contributed by atoms with Crippen molar-refractivity contribution in [3.05, 3.63) is 87.3 Å². The van der Waals surface area contributed by atoms with Crippen molar-refractivity contribution in [2.24, 2.45) is 5.10 Å². The number of nitro groups is 1. The molecule has 0 radical (unpaired) electrons. The van der Waals surface area contributed by atoms with E-state index >= 15 is 0 Å². The number of nitrogens with zero attached hydrogens (tertiary/aromatic N) is 2. The summed E-state index contributed by atoms with van der Waals surface area (Å²) in [6.07, 6.45) is 0. The van der Waals surface area contributed by atoms with E-state index in [0.29, 0.717) is 11.3 Å². The lowest BCUT2D eigenvalue weighted by atomic mass is 10.1. The van der Waals surface area contributed by atoms with E-state index in [2.05, 4.69) is 15.2 Å². The lowest BCUT2D eigenvalue weighted by molar-refractivity contribution is -0.384. The summed E-state index contributed by atoms with van der Waals surface area (Å²) in [5, 5.41) is 16.5. The Kier molecular flexibility index (Phi) is 6.23. The number of carbonyl (C=O) groups is 1. The minimum Gasteiger partial charge on any atom is -0.278 e. The van der Waals surface area contributed by atoms with Gasteiger partial charge in [-0.1, -0.05) is 30.3 Å². The van der Waals surface area contributed by atoms with Gasteiger partial charge in [-0.25, -0.2) is 13.8 Å². The molecule has 0 saturated heterocycles. The molecule has 0 fully saturated rings. The number of rotatable bonds is 7. The number of para-hydroxylation sites is 1. The second-order valence-electron chi connectivity index (χ2n) is 6.03. The predicted octanol–water partition coefficient (Wildman–Crippen LogP) is 3.61. The number of carbonyl (C=O) groups excluding carboxylic acids is 1. The van der Waals surface area contributed by atoms with Crippen molar-refractivity contribution >= 4 is 44.4 Å². The van der Waals surface area contributed by atoms with Crippen LogP contribution in [-0.2, 0) is 10.0 Å². The van der Waals surface area contributed by atoms with Gasteiger partial charge in [0.15, 0.2) is 0 Å². The highest BCUT2D eigenvalue weighted by molar-refractivity contribution is 7.94. The maximum atomic E-state index is 12.6. The predicted molar refractivity (Wildman–Crippen MR) is 114 cm³/mol. The van der Waals surface area contributed by atoms with E-state index in [4.69, 9.17) is 0 Å². The third kappa shape index (κ3) is 4.88. The topological polar surface area (TPSA) is 131 Å². The fraction of sp³-hybridized carbons (Fsp3) is 0.0526. The van der Waals surface area contributed by atoms with E-state index in [1.165, 1.54) is 36.4 Å². The van der Waals surface area contributed by atoms with Crippen LogP contribution in [0.2, 0.25) is 0 Å². The average Bonchev–Trinajstić information content (AvgIpc) is 3.28. The Morgan fingerprint density at radius 1 is 1.10 bits per heavy atom. The van der Waals surface area contributed by atoms with Gasteiger partial charge in [-0.3, -0.25) is 19.6 Å². The summed E-state index contributed by atoms with van der Waals surface area (Å²) in [6, 6.07) is 15.0. The number of sulfonamides is 1. The molecule has 9 nitrogen and oxygen atoms in total. The highest BCUT2D eigenvalue weighted by Crippen LogP contribution is 2.23. The summed E-state index contributed by atoms with van der Waals surface area (Å²) in [7, 11) is -3.82. The van der Waals surface area contributed by atoms with Crippen molar-refractivity contribution in [2.45, 2.75) is 11.1 Å². The molecule has 2 N–H and O–H groups in total. The Morgan fingerprint density at radius 2 is 1.87 bits per heavy atom. The number of hydrazone groups is 1. The van der Waals surface area contributed by atoms with E-state index in [1.54, 1.807) is 36.6 Å². The molecule has 0 aliphatic carbocycles. The molecule has 30 heavy (non-hydrogen) atoms. The Morgan fingerprint density at radius 3 is 2.57 bits per heavy atom. The molecule has 1 aromatic heterocycles. The van der Waals surface area contributed by atoms with Crippen molar-refractivity contribution in [1.82, 2.24) is 5.43 Å². The van der Waals surface area contributed by atoms with Crippen molar-refractivity contribution in [2.75, 3.05) is 4.72 Å². The van der Waals surface area contributed by atoms with Crippen LogP contribution in [-0.4, -0.2) is 25.0 Å². The van der Waals surface area contributed by atoms with Crippen LogP contribution in [0.5, 0.6) is 0 Å². The molecule has 1 heterocycles. The number of anilines is 1. The smallest absolute Gasteiger partial charge is 0.273 e. The minimum atomic E-state index is -3.82. The zero-order chi connectivity index (χ0) is 21.7. The van der Waals surface area contributed by atoms with Crippen molar-refractivity contribution < 1.29 is 18.1 Å². The van der Waals surface area contributed by atoms with Gasteiger partial charge in [0.25, 0.3) is 21.6 Å². The first-order valence-electron chi connectivity index (χ1n) is 8.53. The second-order valence-corrected chi connectivity index (χ2v) is 8.89. The van der Waals surface area contributed by atoms with Crippen LogP contribution in [0.15, 0.2) is 75.4 Å². The third-order valence-corrected chi connectivity index (χ3v) is 6.74. The molecular formula is C19H16N4O5S2. The highest BCUT2D eigenvalue weighted by Gasteiger charge is 2.19. The standard InChI is InChI=1S/C19H16N4O5S2/c1-13(14-6-4-7-15(12-14)23(25)26)20-21-19(24)16-8-2-3-9-17(16)22-30(27,28)18-10-5-11-29-18/h2-12,22H,1H3,(H,21,24). The molecule has 0 aliphatic rings. The van der Waals surface area contributed by atoms with Gasteiger partial charge in [-0.2, -0.15) is 5.10 Å². The molecule has 0 bridgehead atoms. The SMILES string of the molecule is CC(=NNC(=O)c1ccccc1NS(=O)(=O)c1cccs1)c1cccc([N+](=O)[O-])c1. The van der Waals surface area contributed by atoms with Crippen LogP contribution in [0.1, 0.15) is 22.8 Å². The fourth-order valence-electron chi connectivity index (χ4n) is 2.49. The summed E-state index contributed by atoms with van der Waals surface area (Å²) in [6.45, 7) is 1.59. The van der Waals surface area contributed by atoms with E-state index in [1.807, 2.05) is 0 Å². The molecule has 3 aromatic rings. The van der Waals surface area contributed by atoms with Crippen LogP contribution in [0.4, 0.5) is 11.4 Å². The molecular weight excluding hydrogens is 428 g/mol. The van der Waals surface area contributed by atoms with Crippen LogP contribution in [0, 0.1) is 10.1 Å². The van der Waals surface area contributed by atoms with Gasteiger partial charge in [0.05, 0.1) is 21.9 Å². The maximum Gasteiger partial charge on any atom is 0.273 e. The first-order valence-corrected chi connectivity index (χ1v) is 10.9. The van der Waals surface area contributed by atoms with Gasteiger partial charge in [0.1, 0.15) is 4.21 Å². The van der Waals surface area contributed by atoms with Gasteiger partial charge in [-0.15, -0.1) is 11.3 Å². The van der Waals surface area contributed by atoms with Crippen LogP contribution in [0.3, 0.4) is 0 Å². The normalized spacial score (nSPS) is 11.7. The second kappa shape index (κ2) is 8.84. The van der Waals surface area contributed by atoms with Gasteiger partial charge >= 0.3 is 0 Å². The quantitative estimate of drug-likeness (QED) is 0.326. The van der Waals surface area contributed by atoms with Gasteiger partial charge < -0.3 is 0 Å². The maximum absolute atomic E-state index is 12.6. The Labute approximate surface area is 176 Å². The van der Waals surface area contributed by atoms with E-state index in [9.17, 15) is 23.3 Å². The van der Waals surface area contributed by atoms with Crippen LogP contribution >= 0.6 is 11.3 Å². The number of amides is 1. The molecule has 0 aliphatic heterocycles. The molecule has 0 unspecified atom stereocenters. The molecule has 1 amide bonds. The van der Waals surface area contributed by atoms with E-state index in [-0.39, 0.29) is 21.1 Å². The molecule has 0 atom stereocenters. The molecule has 11 heteroatoms. The summed E-state index contributed by atoms with van der Waals surface area (Å²) in [5.74, 6) is -0.635. The zero-order valence-corrected chi connectivity index (χ0v) is 17.2. The number of nitro benzene ring substituents is 1. The van der Waals surface area contributed by atoms with Crippen LogP contribution in [0.25, 0.3) is 0 Å². The molecule has 3 rings (SSSR count). The Hall–Kier alpha value is -3.57. The third-order valence-electron chi connectivity index (χ3n) is 3.98. The minimum absolute atomic E-state index is 0.0771. The monoisotopic (exact) mass is 444 g/mol. The number of nitrogens with one attached hydrogen (secondary N) is 2. The number of hydrogen-bond donors (Lipinski definition) is 2. The van der Waals surface area contributed by atoms with Gasteiger partial charge in [-0.05, 0) is 30.5 Å². The molecule has 154 valence electrons. The first kappa shape index (κ1) is 21.1. The van der Waals surface area contributed by atoms with Crippen LogP contribution < -0.4 is 10.1 Å². The summed E-state index contributed by atoms with van der Waals surface area (Å²) >= 11 is 1.06. The first-order chi connectivity index (χ1) is 14.3. The Balaban J connectivity index is 1.80. The average molecular weight is 444 g/mol. The molecule has 0 saturated carbocycles. The number of non-ortho nitro benzene ring substituents is 1. The van der Waals surface area contributed by atoms with Gasteiger partial charge in [0.2, 0.25) is 0 Å². The number of benzene rings is 2. The molecule has 2 aromatic carbocycles. The van der Waals surface area contributed by atoms with E-state index in [0.717, 1.165) is 11.3 Å². The van der Waals surface area contributed by atoms with Gasteiger partial charge in [0, 0.05) is 17.7 Å². The van der Waals surface area contributed by atoms with Crippen molar-refractivity contribution in [1.29, 1.82) is 0 Å². The van der Waals surface area contributed by atoms with Crippen molar-refractivity contribution in [3.8, 4) is 0 Å². The highest BCUT2D eigenvalue weighted by atomic mass is 32.2. The lowest BCUT2D eigenvalue weighted by Gasteiger charge is -2.11. The fourth-order valence-corrected chi connectivity index (χ4v) is 4.56. The number of hydrogen-bond acceptors (Lipinski definition) is 7. The zero-order valence-electron chi connectivity index (χ0n) is 15.6. The van der Waals surface area contributed by atoms with E-state index < -0.39 is 20.9 Å². The summed E-state index contributed by atoms with van der Waals surface area (Å²) in [5.41, 5.74) is 3.26. The number of thiophene rings is 1. The summed E-state index contributed by atoms with van der Waals surface area (Å²) in [4.78, 5) is 23.0. The largest absolute Gasteiger partial charge is 0.278 e. The summed E-state index contributed by atoms with van der Waals surface area (Å²) < 4.78 is 27.5. The van der Waals surface area contributed by atoms with Crippen molar-refractivity contribution in [3.63, 3.8) is 0 Å².